The summed E-state index contributed by atoms with van der Waals surface area (Å²) in [6, 6.07) is 27.4. The second-order valence-corrected chi connectivity index (χ2v) is 6.67. The zero-order valence-corrected chi connectivity index (χ0v) is 15.5. The molecule has 4 rings (SSSR count). The Morgan fingerprint density at radius 2 is 1.67 bits per heavy atom. The van der Waals surface area contributed by atoms with E-state index in [4.69, 9.17) is 0 Å². The van der Waals surface area contributed by atoms with Crippen molar-refractivity contribution in [1.82, 2.24) is 4.57 Å². The van der Waals surface area contributed by atoms with Crippen LogP contribution in [0.15, 0.2) is 79.0 Å². The Balaban J connectivity index is 2.02. The summed E-state index contributed by atoms with van der Waals surface area (Å²) < 4.78 is 2.22. The SMILES string of the molecule is CNc1ccc(C(C)C#N)c(-c2cn(-c3ccccc3)c3ccccc23)c1. The minimum absolute atomic E-state index is 0.176. The number of aromatic nitrogens is 1. The molecular weight excluding hydrogens is 330 g/mol. The number of nitrogens with one attached hydrogen (secondary N) is 1. The van der Waals surface area contributed by atoms with E-state index in [0.717, 1.165) is 33.6 Å². The van der Waals surface area contributed by atoms with E-state index < -0.39 is 0 Å². The molecule has 0 amide bonds. The number of nitrogens with zero attached hydrogens (tertiary/aromatic N) is 2. The fraction of sp³-hybridized carbons (Fsp3) is 0.125. The predicted molar refractivity (Wildman–Crippen MR) is 112 cm³/mol. The Kier molecular flexibility index (Phi) is 4.40. The summed E-state index contributed by atoms with van der Waals surface area (Å²) in [4.78, 5) is 0. The van der Waals surface area contributed by atoms with Crippen molar-refractivity contribution in [3.63, 3.8) is 0 Å². The Morgan fingerprint density at radius 1 is 0.926 bits per heavy atom. The minimum atomic E-state index is -0.176. The summed E-state index contributed by atoms with van der Waals surface area (Å²) in [5.41, 5.74) is 6.61. The Labute approximate surface area is 159 Å². The molecule has 0 saturated heterocycles. The second kappa shape index (κ2) is 7.01. The van der Waals surface area contributed by atoms with E-state index in [9.17, 15) is 5.26 Å². The molecule has 1 atom stereocenters. The molecular formula is C24H21N3. The number of nitriles is 1. The van der Waals surface area contributed by atoms with Crippen LogP contribution in [-0.2, 0) is 0 Å². The van der Waals surface area contributed by atoms with Crippen LogP contribution in [-0.4, -0.2) is 11.6 Å². The first kappa shape index (κ1) is 16.9. The average Bonchev–Trinajstić information content (AvgIpc) is 3.13. The highest BCUT2D eigenvalue weighted by Crippen LogP contribution is 2.38. The van der Waals surface area contributed by atoms with Crippen molar-refractivity contribution in [1.29, 1.82) is 5.26 Å². The lowest BCUT2D eigenvalue weighted by atomic mass is 9.91. The molecule has 1 heterocycles. The molecule has 1 N–H and O–H groups in total. The number of benzene rings is 3. The molecule has 27 heavy (non-hydrogen) atoms. The Bertz CT molecular complexity index is 1130. The molecule has 3 heteroatoms. The lowest BCUT2D eigenvalue weighted by molar-refractivity contribution is 0.984. The maximum Gasteiger partial charge on any atom is 0.0701 e. The van der Waals surface area contributed by atoms with E-state index in [1.54, 1.807) is 0 Å². The van der Waals surface area contributed by atoms with Gasteiger partial charge in [-0.05, 0) is 48.4 Å². The Morgan fingerprint density at radius 3 is 2.41 bits per heavy atom. The number of anilines is 1. The average molecular weight is 351 g/mol. The molecule has 3 aromatic carbocycles. The third kappa shape index (κ3) is 2.96. The zero-order chi connectivity index (χ0) is 18.8. The van der Waals surface area contributed by atoms with E-state index in [0.29, 0.717) is 0 Å². The molecule has 132 valence electrons. The van der Waals surface area contributed by atoms with Gasteiger partial charge >= 0.3 is 0 Å². The maximum absolute atomic E-state index is 9.51. The van der Waals surface area contributed by atoms with Crippen LogP contribution in [0.4, 0.5) is 5.69 Å². The molecule has 0 bridgehead atoms. The van der Waals surface area contributed by atoms with E-state index in [2.05, 4.69) is 82.8 Å². The highest BCUT2D eigenvalue weighted by Gasteiger charge is 2.17. The highest BCUT2D eigenvalue weighted by molar-refractivity contribution is 5.98. The molecule has 1 unspecified atom stereocenters. The molecule has 4 aromatic rings. The lowest BCUT2D eigenvalue weighted by Gasteiger charge is -2.13. The van der Waals surface area contributed by atoms with Gasteiger partial charge in [-0.25, -0.2) is 0 Å². The molecule has 0 radical (unpaired) electrons. The third-order valence-corrected chi connectivity index (χ3v) is 5.04. The van der Waals surface area contributed by atoms with Crippen molar-refractivity contribution in [2.75, 3.05) is 12.4 Å². The first-order chi connectivity index (χ1) is 13.2. The van der Waals surface area contributed by atoms with Crippen LogP contribution in [0.25, 0.3) is 27.7 Å². The quantitative estimate of drug-likeness (QED) is 0.492. The summed E-state index contributed by atoms with van der Waals surface area (Å²) in [6.07, 6.45) is 2.18. The van der Waals surface area contributed by atoms with E-state index in [1.807, 2.05) is 26.1 Å². The summed E-state index contributed by atoms with van der Waals surface area (Å²) >= 11 is 0. The van der Waals surface area contributed by atoms with E-state index in [1.165, 1.54) is 5.39 Å². The zero-order valence-electron chi connectivity index (χ0n) is 15.5. The van der Waals surface area contributed by atoms with Crippen LogP contribution < -0.4 is 5.32 Å². The first-order valence-electron chi connectivity index (χ1n) is 9.10. The fourth-order valence-corrected chi connectivity index (χ4v) is 3.59. The van der Waals surface area contributed by atoms with Crippen LogP contribution in [0.3, 0.4) is 0 Å². The van der Waals surface area contributed by atoms with Gasteiger partial charge in [-0.15, -0.1) is 0 Å². The number of para-hydroxylation sites is 2. The molecule has 0 spiro atoms. The van der Waals surface area contributed by atoms with Gasteiger partial charge in [-0.3, -0.25) is 0 Å². The van der Waals surface area contributed by atoms with Crippen molar-refractivity contribution in [3.05, 3.63) is 84.6 Å². The van der Waals surface area contributed by atoms with E-state index in [-0.39, 0.29) is 5.92 Å². The maximum atomic E-state index is 9.51. The molecule has 3 nitrogen and oxygen atoms in total. The van der Waals surface area contributed by atoms with Gasteiger partial charge in [-0.1, -0.05) is 42.5 Å². The summed E-state index contributed by atoms with van der Waals surface area (Å²) in [6.45, 7) is 1.95. The monoisotopic (exact) mass is 351 g/mol. The predicted octanol–water partition coefficient (Wildman–Crippen LogP) is 5.97. The van der Waals surface area contributed by atoms with Gasteiger partial charge in [0.2, 0.25) is 0 Å². The first-order valence-corrected chi connectivity index (χ1v) is 9.10. The van der Waals surface area contributed by atoms with Crippen LogP contribution in [0, 0.1) is 11.3 Å². The van der Waals surface area contributed by atoms with Gasteiger partial charge in [-0.2, -0.15) is 5.26 Å². The van der Waals surface area contributed by atoms with E-state index >= 15 is 0 Å². The van der Waals surface area contributed by atoms with Gasteiger partial charge in [0.05, 0.1) is 17.5 Å². The van der Waals surface area contributed by atoms with Gasteiger partial charge in [0.1, 0.15) is 0 Å². The minimum Gasteiger partial charge on any atom is -0.388 e. The molecule has 0 aliphatic carbocycles. The molecule has 0 aliphatic heterocycles. The fourth-order valence-electron chi connectivity index (χ4n) is 3.59. The van der Waals surface area contributed by atoms with Gasteiger partial charge in [0, 0.05) is 35.6 Å². The normalized spacial score (nSPS) is 11.9. The van der Waals surface area contributed by atoms with Gasteiger partial charge in [0.25, 0.3) is 0 Å². The van der Waals surface area contributed by atoms with Gasteiger partial charge in [0.15, 0.2) is 0 Å². The molecule has 0 saturated carbocycles. The summed E-state index contributed by atoms with van der Waals surface area (Å²) in [5, 5.41) is 13.9. The standard InChI is InChI=1S/C24H21N3/c1-17(15-25)20-13-12-18(26-2)14-22(20)23-16-27(19-8-4-3-5-9-19)24-11-7-6-10-21(23)24/h3-14,16-17,26H,1-2H3. The van der Waals surface area contributed by atoms with Crippen LogP contribution in [0.5, 0.6) is 0 Å². The van der Waals surface area contributed by atoms with Crippen LogP contribution >= 0.6 is 0 Å². The topological polar surface area (TPSA) is 40.8 Å². The van der Waals surface area contributed by atoms with Crippen molar-refractivity contribution in [3.8, 4) is 22.9 Å². The molecule has 0 fully saturated rings. The van der Waals surface area contributed by atoms with Crippen molar-refractivity contribution in [2.24, 2.45) is 0 Å². The van der Waals surface area contributed by atoms with Crippen LogP contribution in [0.2, 0.25) is 0 Å². The van der Waals surface area contributed by atoms with Crippen molar-refractivity contribution in [2.45, 2.75) is 12.8 Å². The highest BCUT2D eigenvalue weighted by atomic mass is 15.0. The lowest BCUT2D eigenvalue weighted by Crippen LogP contribution is -1.96. The van der Waals surface area contributed by atoms with Crippen molar-refractivity contribution >= 4 is 16.6 Å². The number of fused-ring (bicyclic) bond motifs is 1. The molecule has 1 aromatic heterocycles. The third-order valence-electron chi connectivity index (χ3n) is 5.04. The largest absolute Gasteiger partial charge is 0.388 e. The van der Waals surface area contributed by atoms with Gasteiger partial charge < -0.3 is 9.88 Å². The smallest absolute Gasteiger partial charge is 0.0701 e. The number of hydrogen-bond acceptors (Lipinski definition) is 2. The van der Waals surface area contributed by atoms with Crippen LogP contribution in [0.1, 0.15) is 18.4 Å². The summed E-state index contributed by atoms with van der Waals surface area (Å²) in [5.74, 6) is -0.176. The summed E-state index contributed by atoms with van der Waals surface area (Å²) in [7, 11) is 1.92. The number of rotatable bonds is 4. The number of hydrogen-bond donors (Lipinski definition) is 1. The second-order valence-electron chi connectivity index (χ2n) is 6.67. The molecule has 0 aliphatic rings. The van der Waals surface area contributed by atoms with Crippen molar-refractivity contribution < 1.29 is 0 Å². The Hall–Kier alpha value is -3.51.